The monoisotopic (exact) mass is 496 g/mol. The first-order valence-corrected chi connectivity index (χ1v) is 13.4. The second-order valence-electron chi connectivity index (χ2n) is 8.77. The lowest BCUT2D eigenvalue weighted by Crippen LogP contribution is -2.48. The molecule has 1 aliphatic heterocycles. The molecule has 0 bridgehead atoms. The third-order valence-electron chi connectivity index (χ3n) is 6.42. The number of fused-ring (bicyclic) bond motifs is 3. The van der Waals surface area contributed by atoms with E-state index in [1.807, 2.05) is 55.6 Å². The number of benzene rings is 1. The van der Waals surface area contributed by atoms with Crippen LogP contribution in [0.1, 0.15) is 38.0 Å². The first kappa shape index (κ1) is 22.9. The Hall–Kier alpha value is -2.85. The Labute approximate surface area is 206 Å². The van der Waals surface area contributed by atoms with Crippen LogP contribution in [0.3, 0.4) is 0 Å². The number of piperidine rings is 1. The van der Waals surface area contributed by atoms with Gasteiger partial charge in [-0.1, -0.05) is 30.0 Å². The van der Waals surface area contributed by atoms with E-state index in [2.05, 4.69) is 29.4 Å². The van der Waals surface area contributed by atoms with Crippen LogP contribution in [0.15, 0.2) is 46.9 Å². The number of carbonyl (C=O) groups is 2. The number of carbonyl (C=O) groups excluding carboxylic acids is 2. The Morgan fingerprint density at radius 2 is 1.85 bits per heavy atom. The van der Waals surface area contributed by atoms with E-state index in [-0.39, 0.29) is 36.2 Å². The molecule has 3 aromatic heterocycles. The summed E-state index contributed by atoms with van der Waals surface area (Å²) in [6, 6.07) is 12.4. The maximum atomic E-state index is 13.4. The quantitative estimate of drug-likeness (QED) is 0.392. The van der Waals surface area contributed by atoms with Crippen LogP contribution >= 0.6 is 23.1 Å². The van der Waals surface area contributed by atoms with Crippen molar-refractivity contribution in [3.05, 3.63) is 46.7 Å². The van der Waals surface area contributed by atoms with Crippen molar-refractivity contribution >= 4 is 51.7 Å². The molecule has 0 radical (unpaired) electrons. The van der Waals surface area contributed by atoms with Gasteiger partial charge in [-0.25, -0.2) is 0 Å². The number of nitrogens with zero attached hydrogens (tertiary/aromatic N) is 5. The molecule has 0 saturated carbocycles. The molecular formula is C24H28N6O2S2. The van der Waals surface area contributed by atoms with Gasteiger partial charge in [0.15, 0.2) is 5.16 Å². The van der Waals surface area contributed by atoms with Gasteiger partial charge in [-0.2, -0.15) is 0 Å². The Kier molecular flexibility index (Phi) is 6.60. The molecule has 4 heterocycles. The minimum Gasteiger partial charge on any atom is -0.350 e. The lowest BCUT2D eigenvalue weighted by atomic mass is 9.97. The zero-order valence-corrected chi connectivity index (χ0v) is 20.9. The van der Waals surface area contributed by atoms with Crippen molar-refractivity contribution in [2.24, 2.45) is 0 Å². The normalized spacial score (nSPS) is 18.6. The molecule has 0 spiro atoms. The van der Waals surface area contributed by atoms with Crippen molar-refractivity contribution in [2.75, 3.05) is 5.75 Å². The van der Waals surface area contributed by atoms with Gasteiger partial charge in [0.25, 0.3) is 0 Å². The van der Waals surface area contributed by atoms with Crippen LogP contribution in [0.4, 0.5) is 0 Å². The molecule has 8 nitrogen and oxygen atoms in total. The molecule has 5 rings (SSSR count). The van der Waals surface area contributed by atoms with Crippen LogP contribution in [0.2, 0.25) is 0 Å². The summed E-state index contributed by atoms with van der Waals surface area (Å²) >= 11 is 2.97. The van der Waals surface area contributed by atoms with Crippen molar-refractivity contribution in [1.82, 2.24) is 29.4 Å². The first-order chi connectivity index (χ1) is 16.5. The van der Waals surface area contributed by atoms with Gasteiger partial charge < -0.3 is 10.2 Å². The molecule has 4 aromatic rings. The van der Waals surface area contributed by atoms with Crippen LogP contribution in [0.25, 0.3) is 16.8 Å². The van der Waals surface area contributed by atoms with Crippen LogP contribution < -0.4 is 5.32 Å². The minimum atomic E-state index is -0.0536. The van der Waals surface area contributed by atoms with E-state index in [9.17, 15) is 9.59 Å². The Bertz CT molecular complexity index is 1300. The highest BCUT2D eigenvalue weighted by Gasteiger charge is 2.30. The maximum absolute atomic E-state index is 13.4. The highest BCUT2D eigenvalue weighted by molar-refractivity contribution is 7.99. The lowest BCUT2D eigenvalue weighted by Gasteiger charge is -2.39. The van der Waals surface area contributed by atoms with Crippen molar-refractivity contribution in [2.45, 2.75) is 63.4 Å². The molecule has 2 unspecified atom stereocenters. The molecule has 1 fully saturated rings. The highest BCUT2D eigenvalue weighted by atomic mass is 32.2. The van der Waals surface area contributed by atoms with Crippen molar-refractivity contribution in [1.29, 1.82) is 0 Å². The molecular weight excluding hydrogens is 468 g/mol. The average Bonchev–Trinajstić information content (AvgIpc) is 3.55. The number of likely N-dealkylation sites (tertiary alicyclic amines) is 1. The number of aromatic nitrogens is 4. The van der Waals surface area contributed by atoms with E-state index in [0.717, 1.165) is 35.2 Å². The number of hydrogen-bond acceptors (Lipinski definition) is 6. The number of imidazole rings is 1. The molecule has 34 heavy (non-hydrogen) atoms. The first-order valence-electron chi connectivity index (χ1n) is 11.6. The highest BCUT2D eigenvalue weighted by Crippen LogP contribution is 2.27. The van der Waals surface area contributed by atoms with Gasteiger partial charge >= 0.3 is 0 Å². The number of amides is 2. The van der Waals surface area contributed by atoms with E-state index < -0.39 is 0 Å². The van der Waals surface area contributed by atoms with E-state index >= 15 is 0 Å². The van der Waals surface area contributed by atoms with E-state index in [1.165, 1.54) is 11.8 Å². The predicted molar refractivity (Wildman–Crippen MR) is 135 cm³/mol. The Balaban J connectivity index is 1.37. The number of rotatable bonds is 7. The smallest absolute Gasteiger partial charge is 0.243 e. The van der Waals surface area contributed by atoms with E-state index in [1.54, 1.807) is 11.3 Å². The summed E-state index contributed by atoms with van der Waals surface area (Å²) in [6.45, 7) is 5.01. The van der Waals surface area contributed by atoms with Gasteiger partial charge in [-0.15, -0.1) is 21.5 Å². The number of nitrogens with one attached hydrogen (secondary N) is 1. The van der Waals surface area contributed by atoms with E-state index in [4.69, 9.17) is 0 Å². The molecule has 2 atom stereocenters. The molecule has 0 aliphatic carbocycles. The summed E-state index contributed by atoms with van der Waals surface area (Å²) in [4.78, 5) is 28.9. The molecule has 1 saturated heterocycles. The average molecular weight is 497 g/mol. The minimum absolute atomic E-state index is 0.0536. The topological polar surface area (TPSA) is 84.5 Å². The van der Waals surface area contributed by atoms with Gasteiger partial charge in [0.05, 0.1) is 23.3 Å². The number of hydrogen-bond donors (Lipinski definition) is 1. The summed E-state index contributed by atoms with van der Waals surface area (Å²) in [7, 11) is 0. The Morgan fingerprint density at radius 3 is 2.59 bits per heavy atom. The summed E-state index contributed by atoms with van der Waals surface area (Å²) in [5.41, 5.74) is 1.86. The van der Waals surface area contributed by atoms with Gasteiger partial charge in [0.1, 0.15) is 6.54 Å². The van der Waals surface area contributed by atoms with Gasteiger partial charge in [-0.05, 0) is 56.7 Å². The number of thioether (sulfide) groups is 1. The summed E-state index contributed by atoms with van der Waals surface area (Å²) in [5, 5.41) is 14.3. The standard InChI is InChI=1S/C24H28N6O2S2/c1-16-7-5-8-17(2)29(16)22(32)14-28-19-10-3-4-11-20(19)30-23(28)26-27-24(30)34-15-21(31)25-13-18-9-6-12-33-18/h3-4,6,9-12,16-17H,5,7-8,13-15H2,1-2H3,(H,25,31). The second-order valence-corrected chi connectivity index (χ2v) is 10.7. The summed E-state index contributed by atoms with van der Waals surface area (Å²) < 4.78 is 3.89. The van der Waals surface area contributed by atoms with Crippen LogP contribution in [0, 0.1) is 0 Å². The largest absolute Gasteiger partial charge is 0.350 e. The fraction of sp³-hybridized carbons (Fsp3) is 0.417. The molecule has 1 aromatic carbocycles. The number of para-hydroxylation sites is 2. The van der Waals surface area contributed by atoms with Gasteiger partial charge in [0, 0.05) is 17.0 Å². The van der Waals surface area contributed by atoms with Crippen molar-refractivity contribution < 1.29 is 9.59 Å². The summed E-state index contributed by atoms with van der Waals surface area (Å²) in [5.74, 6) is 0.913. The molecule has 1 aliphatic rings. The van der Waals surface area contributed by atoms with Gasteiger partial charge in [-0.3, -0.25) is 18.6 Å². The second kappa shape index (κ2) is 9.79. The lowest BCUT2D eigenvalue weighted by molar-refractivity contribution is -0.137. The SMILES string of the molecule is CC1CCCC(C)N1C(=O)Cn1c2ccccc2n2c(SCC(=O)NCc3cccs3)nnc12. The zero-order chi connectivity index (χ0) is 23.7. The third kappa shape index (κ3) is 4.44. The Morgan fingerprint density at radius 1 is 1.09 bits per heavy atom. The predicted octanol–water partition coefficient (Wildman–Crippen LogP) is 3.94. The van der Waals surface area contributed by atoms with Crippen molar-refractivity contribution in [3.8, 4) is 0 Å². The van der Waals surface area contributed by atoms with E-state index in [0.29, 0.717) is 17.5 Å². The third-order valence-corrected chi connectivity index (χ3v) is 8.22. The van der Waals surface area contributed by atoms with Crippen LogP contribution in [-0.2, 0) is 22.7 Å². The molecule has 178 valence electrons. The van der Waals surface area contributed by atoms with Crippen molar-refractivity contribution in [3.63, 3.8) is 0 Å². The molecule has 2 amide bonds. The number of thiophene rings is 1. The molecule has 1 N–H and O–H groups in total. The fourth-order valence-electron chi connectivity index (χ4n) is 4.80. The summed E-state index contributed by atoms with van der Waals surface area (Å²) in [6.07, 6.45) is 3.24. The van der Waals surface area contributed by atoms with Crippen LogP contribution in [-0.4, -0.2) is 53.7 Å². The van der Waals surface area contributed by atoms with Crippen LogP contribution in [0.5, 0.6) is 0 Å². The zero-order valence-electron chi connectivity index (χ0n) is 19.3. The van der Waals surface area contributed by atoms with Gasteiger partial charge in [0.2, 0.25) is 17.6 Å². The maximum Gasteiger partial charge on any atom is 0.243 e. The molecule has 10 heteroatoms. The fourth-order valence-corrected chi connectivity index (χ4v) is 6.21.